The molecule has 0 aliphatic carbocycles. The minimum Gasteiger partial charge on any atom is -0.319 e. The molecule has 6 heteroatoms. The van der Waals surface area contributed by atoms with Gasteiger partial charge in [-0.1, -0.05) is 6.07 Å². The molecule has 0 aromatic carbocycles. The number of hydrogen-bond acceptors (Lipinski definition) is 2. The molecule has 1 heterocycles. The Hall–Kier alpha value is -0.260. The average Bonchev–Trinajstić information content (AvgIpc) is 2.04. The van der Waals surface area contributed by atoms with E-state index in [1.54, 1.807) is 6.07 Å². The van der Waals surface area contributed by atoms with E-state index < -0.39 is 12.5 Å². The first kappa shape index (κ1) is 12.7. The SMILES string of the molecule is Cl.N[C@@H](c1cccnc1Br)C(F)F. The molecule has 1 atom stereocenters. The number of rotatable bonds is 2. The van der Waals surface area contributed by atoms with E-state index in [-0.39, 0.29) is 12.4 Å². The van der Waals surface area contributed by atoms with E-state index in [1.165, 1.54) is 12.3 Å². The number of hydrogen-bond donors (Lipinski definition) is 1. The van der Waals surface area contributed by atoms with Gasteiger partial charge in [-0.15, -0.1) is 12.4 Å². The van der Waals surface area contributed by atoms with Crippen LogP contribution in [0.4, 0.5) is 8.78 Å². The fraction of sp³-hybridized carbons (Fsp3) is 0.286. The van der Waals surface area contributed by atoms with Gasteiger partial charge in [0.2, 0.25) is 0 Å². The van der Waals surface area contributed by atoms with Gasteiger partial charge in [-0.2, -0.15) is 0 Å². The highest BCUT2D eigenvalue weighted by atomic mass is 79.9. The summed E-state index contributed by atoms with van der Waals surface area (Å²) in [4.78, 5) is 3.79. The standard InChI is InChI=1S/C7H7BrF2N2.ClH/c8-6-4(2-1-3-12-6)5(11)7(9)10;/h1-3,5,7H,11H2;1H/t5-;/m0./s1. The number of aromatic nitrogens is 1. The van der Waals surface area contributed by atoms with Crippen molar-refractivity contribution in [1.82, 2.24) is 4.98 Å². The van der Waals surface area contributed by atoms with Crippen LogP contribution in [0.3, 0.4) is 0 Å². The second kappa shape index (κ2) is 5.47. The van der Waals surface area contributed by atoms with Gasteiger partial charge in [0.25, 0.3) is 6.43 Å². The zero-order chi connectivity index (χ0) is 9.14. The van der Waals surface area contributed by atoms with Crippen LogP contribution < -0.4 is 5.73 Å². The third kappa shape index (κ3) is 3.17. The van der Waals surface area contributed by atoms with Gasteiger partial charge in [0.05, 0.1) is 6.04 Å². The summed E-state index contributed by atoms with van der Waals surface area (Å²) in [5.74, 6) is 0. The van der Waals surface area contributed by atoms with Crippen molar-refractivity contribution in [3.63, 3.8) is 0 Å². The van der Waals surface area contributed by atoms with Crippen LogP contribution in [0.15, 0.2) is 22.9 Å². The third-order valence-electron chi connectivity index (χ3n) is 1.42. The largest absolute Gasteiger partial charge is 0.319 e. The summed E-state index contributed by atoms with van der Waals surface area (Å²) < 4.78 is 24.6. The first-order valence-electron chi connectivity index (χ1n) is 3.27. The molecule has 0 fully saturated rings. The Morgan fingerprint density at radius 1 is 1.46 bits per heavy atom. The van der Waals surface area contributed by atoms with Crippen molar-refractivity contribution < 1.29 is 8.78 Å². The van der Waals surface area contributed by atoms with E-state index >= 15 is 0 Å². The minimum absolute atomic E-state index is 0. The fourth-order valence-corrected chi connectivity index (χ4v) is 1.30. The summed E-state index contributed by atoms with van der Waals surface area (Å²) in [5.41, 5.74) is 5.55. The molecular weight excluding hydrogens is 265 g/mol. The highest BCUT2D eigenvalue weighted by molar-refractivity contribution is 9.10. The summed E-state index contributed by atoms with van der Waals surface area (Å²) in [5, 5.41) is 0. The van der Waals surface area contributed by atoms with Gasteiger partial charge in [-0.25, -0.2) is 13.8 Å². The van der Waals surface area contributed by atoms with Crippen LogP contribution in [0.25, 0.3) is 0 Å². The lowest BCUT2D eigenvalue weighted by atomic mass is 10.1. The molecule has 0 bridgehead atoms. The number of nitrogens with two attached hydrogens (primary N) is 1. The Morgan fingerprint density at radius 2 is 2.08 bits per heavy atom. The van der Waals surface area contributed by atoms with Crippen LogP contribution in [0.5, 0.6) is 0 Å². The van der Waals surface area contributed by atoms with Gasteiger partial charge < -0.3 is 5.73 Å². The second-order valence-corrected chi connectivity index (χ2v) is 2.99. The van der Waals surface area contributed by atoms with Crippen molar-refractivity contribution in [2.75, 3.05) is 0 Å². The van der Waals surface area contributed by atoms with Gasteiger partial charge in [-0.05, 0) is 22.0 Å². The van der Waals surface area contributed by atoms with E-state index in [2.05, 4.69) is 20.9 Å². The van der Waals surface area contributed by atoms with Crippen LogP contribution in [0.1, 0.15) is 11.6 Å². The monoisotopic (exact) mass is 272 g/mol. The highest BCUT2D eigenvalue weighted by Crippen LogP contribution is 2.23. The van der Waals surface area contributed by atoms with E-state index in [4.69, 9.17) is 5.73 Å². The Bertz CT molecular complexity index is 272. The maximum Gasteiger partial charge on any atom is 0.257 e. The molecular formula is C7H8BrClF2N2. The maximum absolute atomic E-state index is 12.1. The molecule has 1 rings (SSSR count). The van der Waals surface area contributed by atoms with Gasteiger partial charge in [0, 0.05) is 11.8 Å². The van der Waals surface area contributed by atoms with Crippen molar-refractivity contribution in [3.05, 3.63) is 28.5 Å². The Kier molecular flexibility index (Phi) is 5.36. The minimum atomic E-state index is -2.56. The lowest BCUT2D eigenvalue weighted by Gasteiger charge is -2.10. The van der Waals surface area contributed by atoms with Crippen molar-refractivity contribution in [3.8, 4) is 0 Å². The molecule has 0 aliphatic rings. The van der Waals surface area contributed by atoms with Gasteiger partial charge in [0.1, 0.15) is 4.60 Å². The summed E-state index contributed by atoms with van der Waals surface area (Å²) >= 11 is 3.04. The zero-order valence-electron chi connectivity index (χ0n) is 6.45. The summed E-state index contributed by atoms with van der Waals surface area (Å²) in [6, 6.07) is 1.82. The van der Waals surface area contributed by atoms with Crippen molar-refractivity contribution in [2.24, 2.45) is 5.73 Å². The number of nitrogens with zero attached hydrogens (tertiary/aromatic N) is 1. The zero-order valence-corrected chi connectivity index (χ0v) is 8.86. The van der Waals surface area contributed by atoms with Crippen LogP contribution in [0, 0.1) is 0 Å². The normalized spacial score (nSPS) is 12.4. The van der Waals surface area contributed by atoms with Crippen LogP contribution in [-0.2, 0) is 0 Å². The smallest absolute Gasteiger partial charge is 0.257 e. The first-order chi connectivity index (χ1) is 5.63. The summed E-state index contributed by atoms with van der Waals surface area (Å²) in [6.45, 7) is 0. The molecule has 2 nitrogen and oxygen atoms in total. The molecule has 74 valence electrons. The summed E-state index contributed by atoms with van der Waals surface area (Å²) in [6.07, 6.45) is -1.06. The molecule has 0 amide bonds. The van der Waals surface area contributed by atoms with Crippen molar-refractivity contribution >= 4 is 28.3 Å². The van der Waals surface area contributed by atoms with E-state index in [0.717, 1.165) is 0 Å². The molecule has 0 spiro atoms. The van der Waals surface area contributed by atoms with Gasteiger partial charge in [0.15, 0.2) is 0 Å². The van der Waals surface area contributed by atoms with Crippen molar-refractivity contribution in [2.45, 2.75) is 12.5 Å². The van der Waals surface area contributed by atoms with E-state index in [0.29, 0.717) is 10.2 Å². The van der Waals surface area contributed by atoms with Crippen LogP contribution in [-0.4, -0.2) is 11.4 Å². The molecule has 1 aromatic rings. The highest BCUT2D eigenvalue weighted by Gasteiger charge is 2.19. The third-order valence-corrected chi connectivity index (χ3v) is 2.08. The quantitative estimate of drug-likeness (QED) is 0.841. The molecule has 2 N–H and O–H groups in total. The number of alkyl halides is 2. The van der Waals surface area contributed by atoms with Crippen LogP contribution in [0.2, 0.25) is 0 Å². The first-order valence-corrected chi connectivity index (χ1v) is 4.06. The molecule has 0 radical (unpaired) electrons. The molecule has 0 saturated carbocycles. The van der Waals surface area contributed by atoms with Gasteiger partial charge >= 0.3 is 0 Å². The predicted molar refractivity (Wildman–Crippen MR) is 52.1 cm³/mol. The Morgan fingerprint density at radius 3 is 2.54 bits per heavy atom. The lowest BCUT2D eigenvalue weighted by Crippen LogP contribution is -2.19. The van der Waals surface area contributed by atoms with E-state index in [1.807, 2.05) is 0 Å². The predicted octanol–water partition coefficient (Wildman–Crippen LogP) is 2.53. The van der Waals surface area contributed by atoms with Gasteiger partial charge in [-0.3, -0.25) is 0 Å². The lowest BCUT2D eigenvalue weighted by molar-refractivity contribution is 0.116. The number of halogens is 4. The second-order valence-electron chi connectivity index (χ2n) is 2.24. The summed E-state index contributed by atoms with van der Waals surface area (Å²) in [7, 11) is 0. The molecule has 0 unspecified atom stereocenters. The Balaban J connectivity index is 0.00000144. The van der Waals surface area contributed by atoms with Crippen molar-refractivity contribution in [1.29, 1.82) is 0 Å². The fourth-order valence-electron chi connectivity index (χ4n) is 0.783. The molecule has 0 saturated heterocycles. The van der Waals surface area contributed by atoms with E-state index in [9.17, 15) is 8.78 Å². The molecule has 13 heavy (non-hydrogen) atoms. The molecule has 0 aliphatic heterocycles. The average molecular weight is 274 g/mol. The maximum atomic E-state index is 12.1. The Labute approximate surface area is 89.1 Å². The molecule has 1 aromatic heterocycles. The topological polar surface area (TPSA) is 38.9 Å². The number of pyridine rings is 1. The van der Waals surface area contributed by atoms with Crippen LogP contribution >= 0.6 is 28.3 Å².